The van der Waals surface area contributed by atoms with Crippen LogP contribution in [0.3, 0.4) is 0 Å². The summed E-state index contributed by atoms with van der Waals surface area (Å²) in [5, 5.41) is 3.37. The lowest BCUT2D eigenvalue weighted by Crippen LogP contribution is -2.32. The molecule has 4 rings (SSSR count). The number of hydrogen-bond acceptors (Lipinski definition) is 4. The average molecular weight is 392 g/mol. The standard InChI is InChI=1S/C21H20N4O2S/c1-15-7-9-17(10-8-15)25-18(16-5-3-2-4-6-16)13-23-21(25)28-12-11-24-19(26)14-22-20(24)27/h2-10,13H,11-12,14H2,1H3,(H,22,27). The van der Waals surface area contributed by atoms with Crippen molar-refractivity contribution in [3.63, 3.8) is 0 Å². The lowest BCUT2D eigenvalue weighted by Gasteiger charge is -2.14. The zero-order valence-electron chi connectivity index (χ0n) is 15.5. The van der Waals surface area contributed by atoms with Crippen molar-refractivity contribution in [1.82, 2.24) is 19.8 Å². The number of nitrogens with zero attached hydrogens (tertiary/aromatic N) is 3. The van der Waals surface area contributed by atoms with Gasteiger partial charge in [0.05, 0.1) is 18.4 Å². The van der Waals surface area contributed by atoms with Gasteiger partial charge in [-0.1, -0.05) is 59.8 Å². The van der Waals surface area contributed by atoms with Crippen molar-refractivity contribution in [3.05, 3.63) is 66.4 Å². The molecular weight excluding hydrogens is 372 g/mol. The van der Waals surface area contributed by atoms with Gasteiger partial charge in [0, 0.05) is 23.5 Å². The first-order valence-corrected chi connectivity index (χ1v) is 10.0. The molecule has 142 valence electrons. The molecule has 1 fully saturated rings. The number of amides is 3. The first kappa shape index (κ1) is 18.3. The van der Waals surface area contributed by atoms with Crippen molar-refractivity contribution >= 4 is 23.7 Å². The van der Waals surface area contributed by atoms with Crippen molar-refractivity contribution < 1.29 is 9.59 Å². The lowest BCUT2D eigenvalue weighted by molar-refractivity contribution is -0.124. The minimum atomic E-state index is -0.322. The summed E-state index contributed by atoms with van der Waals surface area (Å²) in [6.07, 6.45) is 1.87. The number of hydrogen-bond donors (Lipinski definition) is 1. The van der Waals surface area contributed by atoms with E-state index >= 15 is 0 Å². The summed E-state index contributed by atoms with van der Waals surface area (Å²) in [7, 11) is 0. The van der Waals surface area contributed by atoms with Crippen LogP contribution in [0, 0.1) is 6.92 Å². The number of imide groups is 1. The van der Waals surface area contributed by atoms with Gasteiger partial charge < -0.3 is 5.32 Å². The number of nitrogens with one attached hydrogen (secondary N) is 1. The number of rotatable bonds is 6. The summed E-state index contributed by atoms with van der Waals surface area (Å²) in [5.41, 5.74) is 4.30. The molecule has 1 saturated heterocycles. The number of aromatic nitrogens is 2. The Balaban J connectivity index is 1.62. The van der Waals surface area contributed by atoms with Gasteiger partial charge >= 0.3 is 6.03 Å². The fourth-order valence-electron chi connectivity index (χ4n) is 3.10. The molecule has 0 unspecified atom stereocenters. The molecule has 6 nitrogen and oxygen atoms in total. The van der Waals surface area contributed by atoms with Crippen LogP contribution >= 0.6 is 11.8 Å². The van der Waals surface area contributed by atoms with Crippen molar-refractivity contribution in [3.8, 4) is 16.9 Å². The van der Waals surface area contributed by atoms with Gasteiger partial charge in [-0.3, -0.25) is 14.3 Å². The van der Waals surface area contributed by atoms with Crippen molar-refractivity contribution in [1.29, 1.82) is 0 Å². The minimum Gasteiger partial charge on any atom is -0.329 e. The van der Waals surface area contributed by atoms with Crippen LogP contribution in [0.2, 0.25) is 0 Å². The van der Waals surface area contributed by atoms with Crippen LogP contribution in [0.4, 0.5) is 4.79 Å². The maximum atomic E-state index is 11.7. The summed E-state index contributed by atoms with van der Waals surface area (Å²) in [6, 6.07) is 18.1. The van der Waals surface area contributed by atoms with Gasteiger partial charge in [-0.25, -0.2) is 9.78 Å². The van der Waals surface area contributed by atoms with Crippen LogP contribution in [0.1, 0.15) is 5.56 Å². The highest BCUT2D eigenvalue weighted by atomic mass is 32.2. The monoisotopic (exact) mass is 392 g/mol. The summed E-state index contributed by atoms with van der Waals surface area (Å²) in [6.45, 7) is 2.50. The van der Waals surface area contributed by atoms with Gasteiger partial charge in [0.1, 0.15) is 0 Å². The predicted molar refractivity (Wildman–Crippen MR) is 110 cm³/mol. The number of aryl methyl sites for hydroxylation is 1. The number of benzene rings is 2. The van der Waals surface area contributed by atoms with E-state index in [1.807, 2.05) is 24.4 Å². The van der Waals surface area contributed by atoms with E-state index in [1.54, 1.807) is 0 Å². The Hall–Kier alpha value is -3.06. The molecule has 0 saturated carbocycles. The molecule has 1 aromatic heterocycles. The Labute approximate surface area is 167 Å². The summed E-state index contributed by atoms with van der Waals surface area (Å²) in [4.78, 5) is 29.3. The predicted octanol–water partition coefficient (Wildman–Crippen LogP) is 3.49. The Morgan fingerprint density at radius 2 is 1.82 bits per heavy atom. The van der Waals surface area contributed by atoms with Gasteiger partial charge in [0.25, 0.3) is 0 Å². The van der Waals surface area contributed by atoms with E-state index in [1.165, 1.54) is 22.2 Å². The molecule has 1 N–H and O–H groups in total. The second-order valence-electron chi connectivity index (χ2n) is 6.52. The van der Waals surface area contributed by atoms with E-state index in [-0.39, 0.29) is 18.5 Å². The van der Waals surface area contributed by atoms with E-state index in [0.717, 1.165) is 22.1 Å². The molecule has 0 aliphatic carbocycles. The second-order valence-corrected chi connectivity index (χ2v) is 7.58. The van der Waals surface area contributed by atoms with E-state index in [9.17, 15) is 9.59 Å². The van der Waals surface area contributed by atoms with E-state index in [2.05, 4.69) is 58.2 Å². The molecule has 1 aliphatic rings. The smallest absolute Gasteiger partial charge is 0.324 e. The molecule has 3 amide bonds. The Kier molecular flexibility index (Phi) is 5.16. The Bertz CT molecular complexity index is 983. The largest absolute Gasteiger partial charge is 0.329 e. The SMILES string of the molecule is Cc1ccc(-n2c(-c3ccccc3)cnc2SCCN2C(=O)CNC2=O)cc1. The highest BCUT2D eigenvalue weighted by Gasteiger charge is 2.28. The molecule has 3 aromatic rings. The number of urea groups is 1. The average Bonchev–Trinajstić information content (AvgIpc) is 3.27. The summed E-state index contributed by atoms with van der Waals surface area (Å²) in [5.74, 6) is 0.397. The molecule has 0 atom stereocenters. The zero-order chi connectivity index (χ0) is 19.5. The van der Waals surface area contributed by atoms with Crippen LogP contribution in [-0.4, -0.2) is 45.2 Å². The molecule has 0 radical (unpaired) electrons. The van der Waals surface area contributed by atoms with Crippen molar-refractivity contribution in [2.75, 3.05) is 18.8 Å². The molecule has 1 aliphatic heterocycles. The van der Waals surface area contributed by atoms with Crippen LogP contribution in [0.25, 0.3) is 16.9 Å². The van der Waals surface area contributed by atoms with E-state index < -0.39 is 0 Å². The van der Waals surface area contributed by atoms with Crippen molar-refractivity contribution in [2.45, 2.75) is 12.1 Å². The minimum absolute atomic E-state index is 0.0830. The molecule has 0 bridgehead atoms. The molecular formula is C21H20N4O2S. The maximum absolute atomic E-state index is 11.7. The lowest BCUT2D eigenvalue weighted by atomic mass is 10.1. The summed E-state index contributed by atoms with van der Waals surface area (Å²) >= 11 is 1.53. The Morgan fingerprint density at radius 3 is 2.50 bits per heavy atom. The first-order valence-electron chi connectivity index (χ1n) is 9.04. The van der Waals surface area contributed by atoms with Gasteiger partial charge in [-0.05, 0) is 19.1 Å². The summed E-state index contributed by atoms with van der Waals surface area (Å²) < 4.78 is 2.12. The van der Waals surface area contributed by atoms with Crippen LogP contribution in [-0.2, 0) is 4.79 Å². The maximum Gasteiger partial charge on any atom is 0.324 e. The number of carbonyl (C=O) groups excluding carboxylic acids is 2. The normalized spacial score (nSPS) is 13.8. The van der Waals surface area contributed by atoms with Gasteiger partial charge in [-0.15, -0.1) is 0 Å². The third kappa shape index (κ3) is 3.66. The first-order chi connectivity index (χ1) is 13.6. The topological polar surface area (TPSA) is 67.2 Å². The zero-order valence-corrected chi connectivity index (χ0v) is 16.3. The highest BCUT2D eigenvalue weighted by Crippen LogP contribution is 2.30. The third-order valence-electron chi connectivity index (χ3n) is 4.57. The number of carbonyl (C=O) groups is 2. The van der Waals surface area contributed by atoms with Gasteiger partial charge in [-0.2, -0.15) is 0 Å². The van der Waals surface area contributed by atoms with Crippen LogP contribution in [0.5, 0.6) is 0 Å². The number of imidazole rings is 1. The quantitative estimate of drug-likeness (QED) is 0.515. The van der Waals surface area contributed by atoms with Gasteiger partial charge in [0.2, 0.25) is 5.91 Å². The second kappa shape index (κ2) is 7.90. The van der Waals surface area contributed by atoms with Gasteiger partial charge in [0.15, 0.2) is 5.16 Å². The van der Waals surface area contributed by atoms with Crippen LogP contribution < -0.4 is 5.32 Å². The molecule has 28 heavy (non-hydrogen) atoms. The molecule has 0 spiro atoms. The number of thioether (sulfide) groups is 1. The Morgan fingerprint density at radius 1 is 1.07 bits per heavy atom. The fraction of sp³-hybridized carbons (Fsp3) is 0.190. The third-order valence-corrected chi connectivity index (χ3v) is 5.51. The molecule has 7 heteroatoms. The highest BCUT2D eigenvalue weighted by molar-refractivity contribution is 7.99. The molecule has 2 aromatic carbocycles. The van der Waals surface area contributed by atoms with E-state index in [0.29, 0.717) is 12.3 Å². The van der Waals surface area contributed by atoms with E-state index in [4.69, 9.17) is 0 Å². The van der Waals surface area contributed by atoms with Crippen LogP contribution in [0.15, 0.2) is 66.0 Å². The fourth-order valence-corrected chi connectivity index (χ4v) is 4.02. The van der Waals surface area contributed by atoms with Crippen molar-refractivity contribution in [2.24, 2.45) is 0 Å². The molecule has 2 heterocycles.